The third kappa shape index (κ3) is 2.28. The van der Waals surface area contributed by atoms with Gasteiger partial charge < -0.3 is 9.97 Å². The standard InChI is InChI=1S/C12H9N5O2S/c18-17(19)8-3-1-7(2-4-8)5-9-15-11-10(12(20)16-9)13-6-14-11/h1-4,6H,5H2,(H2,13,14,15,16,20). The van der Waals surface area contributed by atoms with Crippen molar-refractivity contribution in [1.82, 2.24) is 19.9 Å². The molecule has 7 nitrogen and oxygen atoms in total. The zero-order valence-electron chi connectivity index (χ0n) is 10.2. The summed E-state index contributed by atoms with van der Waals surface area (Å²) >= 11 is 5.17. The van der Waals surface area contributed by atoms with Crippen LogP contribution in [0.2, 0.25) is 0 Å². The summed E-state index contributed by atoms with van der Waals surface area (Å²) in [5.41, 5.74) is 2.33. The maximum atomic E-state index is 10.6. The van der Waals surface area contributed by atoms with Crippen LogP contribution in [0, 0.1) is 14.8 Å². The minimum atomic E-state index is -0.425. The van der Waals surface area contributed by atoms with Crippen LogP contribution in [0.25, 0.3) is 11.2 Å². The zero-order valence-corrected chi connectivity index (χ0v) is 11.0. The van der Waals surface area contributed by atoms with Crippen LogP contribution < -0.4 is 0 Å². The number of nitrogens with zero attached hydrogens (tertiary/aromatic N) is 3. The van der Waals surface area contributed by atoms with Gasteiger partial charge in [-0.15, -0.1) is 0 Å². The van der Waals surface area contributed by atoms with E-state index in [2.05, 4.69) is 19.9 Å². The second-order valence-electron chi connectivity index (χ2n) is 4.22. The maximum absolute atomic E-state index is 10.6. The lowest BCUT2D eigenvalue weighted by molar-refractivity contribution is -0.384. The van der Waals surface area contributed by atoms with Crippen molar-refractivity contribution in [3.05, 3.63) is 56.7 Å². The third-order valence-corrected chi connectivity index (χ3v) is 3.17. The van der Waals surface area contributed by atoms with Crippen LogP contribution in [0.1, 0.15) is 11.4 Å². The molecule has 0 atom stereocenters. The highest BCUT2D eigenvalue weighted by Crippen LogP contribution is 2.15. The molecule has 0 spiro atoms. The summed E-state index contributed by atoms with van der Waals surface area (Å²) in [5, 5.41) is 10.6. The Morgan fingerprint density at radius 1 is 1.30 bits per heavy atom. The Labute approximate surface area is 117 Å². The van der Waals surface area contributed by atoms with Gasteiger partial charge in [0.25, 0.3) is 5.69 Å². The second-order valence-corrected chi connectivity index (χ2v) is 4.60. The zero-order chi connectivity index (χ0) is 14.1. The first-order valence-corrected chi connectivity index (χ1v) is 6.20. The van der Waals surface area contributed by atoms with Crippen molar-refractivity contribution >= 4 is 29.1 Å². The van der Waals surface area contributed by atoms with Gasteiger partial charge in [-0.2, -0.15) is 0 Å². The van der Waals surface area contributed by atoms with Crippen molar-refractivity contribution in [1.29, 1.82) is 0 Å². The number of imidazole rings is 1. The number of non-ortho nitro benzene ring substituents is 1. The number of aromatic amines is 2. The molecule has 3 rings (SSSR count). The van der Waals surface area contributed by atoms with E-state index in [0.717, 1.165) is 5.56 Å². The molecule has 2 heterocycles. The Bertz CT molecular complexity index is 837. The van der Waals surface area contributed by atoms with Crippen LogP contribution in [-0.4, -0.2) is 24.9 Å². The van der Waals surface area contributed by atoms with Crippen LogP contribution in [0.5, 0.6) is 0 Å². The summed E-state index contributed by atoms with van der Waals surface area (Å²) < 4.78 is 0.452. The van der Waals surface area contributed by atoms with E-state index in [9.17, 15) is 10.1 Å². The molecular weight excluding hydrogens is 278 g/mol. The largest absolute Gasteiger partial charge is 0.341 e. The SMILES string of the molecule is O=[N+]([O-])c1ccc(Cc2nc(=S)c3[nH]cnc3[nH]2)cc1. The van der Waals surface area contributed by atoms with Gasteiger partial charge in [0.1, 0.15) is 11.3 Å². The highest BCUT2D eigenvalue weighted by Gasteiger charge is 2.07. The predicted molar refractivity (Wildman–Crippen MR) is 75.0 cm³/mol. The Hall–Kier alpha value is -2.61. The van der Waals surface area contributed by atoms with Crippen molar-refractivity contribution < 1.29 is 4.92 Å². The van der Waals surface area contributed by atoms with E-state index in [1.54, 1.807) is 18.5 Å². The number of nitrogens with one attached hydrogen (secondary N) is 2. The Morgan fingerprint density at radius 3 is 2.75 bits per heavy atom. The molecule has 0 unspecified atom stereocenters. The number of H-pyrrole nitrogens is 2. The van der Waals surface area contributed by atoms with Crippen molar-refractivity contribution in [2.24, 2.45) is 0 Å². The van der Waals surface area contributed by atoms with Crippen LogP contribution in [-0.2, 0) is 6.42 Å². The third-order valence-electron chi connectivity index (χ3n) is 2.87. The van der Waals surface area contributed by atoms with Crippen LogP contribution in [0.4, 0.5) is 5.69 Å². The predicted octanol–water partition coefficient (Wildman–Crippen LogP) is 2.51. The van der Waals surface area contributed by atoms with E-state index in [1.807, 2.05) is 0 Å². The molecule has 2 aromatic heterocycles. The molecule has 0 saturated heterocycles. The van der Waals surface area contributed by atoms with Gasteiger partial charge in [-0.05, 0) is 5.56 Å². The van der Waals surface area contributed by atoms with E-state index < -0.39 is 4.92 Å². The highest BCUT2D eigenvalue weighted by molar-refractivity contribution is 7.71. The monoisotopic (exact) mass is 287 g/mol. The van der Waals surface area contributed by atoms with Gasteiger partial charge in [-0.25, -0.2) is 9.97 Å². The van der Waals surface area contributed by atoms with Gasteiger partial charge >= 0.3 is 0 Å². The average molecular weight is 287 g/mol. The van der Waals surface area contributed by atoms with Gasteiger partial charge in [-0.1, -0.05) is 24.4 Å². The van der Waals surface area contributed by atoms with E-state index in [0.29, 0.717) is 28.0 Å². The van der Waals surface area contributed by atoms with Gasteiger partial charge in [-0.3, -0.25) is 10.1 Å². The highest BCUT2D eigenvalue weighted by atomic mass is 32.1. The second kappa shape index (κ2) is 4.82. The van der Waals surface area contributed by atoms with E-state index >= 15 is 0 Å². The summed E-state index contributed by atoms with van der Waals surface area (Å²) in [4.78, 5) is 24.6. The summed E-state index contributed by atoms with van der Waals surface area (Å²) in [6, 6.07) is 6.34. The molecule has 0 saturated carbocycles. The Morgan fingerprint density at radius 2 is 2.05 bits per heavy atom. The van der Waals surface area contributed by atoms with Gasteiger partial charge in [0.15, 0.2) is 10.3 Å². The molecule has 100 valence electrons. The van der Waals surface area contributed by atoms with E-state index in [1.165, 1.54) is 12.1 Å². The molecule has 0 bridgehead atoms. The maximum Gasteiger partial charge on any atom is 0.269 e. The molecule has 3 aromatic rings. The lowest BCUT2D eigenvalue weighted by Crippen LogP contribution is -1.98. The van der Waals surface area contributed by atoms with Crippen molar-refractivity contribution in [2.45, 2.75) is 6.42 Å². The molecule has 8 heteroatoms. The molecule has 0 amide bonds. The summed E-state index contributed by atoms with van der Waals surface area (Å²) in [6.45, 7) is 0. The van der Waals surface area contributed by atoms with Crippen molar-refractivity contribution in [3.8, 4) is 0 Å². The fourth-order valence-electron chi connectivity index (χ4n) is 1.91. The average Bonchev–Trinajstić information content (AvgIpc) is 2.88. The van der Waals surface area contributed by atoms with Crippen molar-refractivity contribution in [2.75, 3.05) is 0 Å². The van der Waals surface area contributed by atoms with Gasteiger partial charge in [0.2, 0.25) is 0 Å². The summed E-state index contributed by atoms with van der Waals surface area (Å²) in [6.07, 6.45) is 2.05. The fraction of sp³-hybridized carbons (Fsp3) is 0.0833. The normalized spacial score (nSPS) is 10.8. The molecule has 2 N–H and O–H groups in total. The number of benzene rings is 1. The molecule has 0 aliphatic rings. The molecule has 0 fully saturated rings. The minimum absolute atomic E-state index is 0.0670. The molecule has 0 aliphatic carbocycles. The van der Waals surface area contributed by atoms with Crippen LogP contribution in [0.3, 0.4) is 0 Å². The lowest BCUT2D eigenvalue weighted by atomic mass is 10.1. The Balaban J connectivity index is 1.92. The number of nitro groups is 1. The van der Waals surface area contributed by atoms with Gasteiger partial charge in [0, 0.05) is 18.6 Å². The number of rotatable bonds is 3. The molecule has 0 aliphatic heterocycles. The smallest absolute Gasteiger partial charge is 0.269 e. The van der Waals surface area contributed by atoms with E-state index in [4.69, 9.17) is 12.2 Å². The lowest BCUT2D eigenvalue weighted by Gasteiger charge is -2.02. The topological polar surface area (TPSA) is 100 Å². The van der Waals surface area contributed by atoms with Crippen LogP contribution in [0.15, 0.2) is 30.6 Å². The summed E-state index contributed by atoms with van der Waals surface area (Å²) in [7, 11) is 0. The number of aromatic nitrogens is 4. The first kappa shape index (κ1) is 12.4. The molecular formula is C12H9N5O2S. The van der Waals surface area contributed by atoms with Crippen LogP contribution >= 0.6 is 12.2 Å². The fourth-order valence-corrected chi connectivity index (χ4v) is 2.17. The van der Waals surface area contributed by atoms with E-state index in [-0.39, 0.29) is 5.69 Å². The minimum Gasteiger partial charge on any atom is -0.341 e. The van der Waals surface area contributed by atoms with Crippen molar-refractivity contribution in [3.63, 3.8) is 0 Å². The first-order chi connectivity index (χ1) is 9.63. The first-order valence-electron chi connectivity index (χ1n) is 5.79. The Kier molecular flexibility index (Phi) is 2.99. The summed E-state index contributed by atoms with van der Waals surface area (Å²) in [5.74, 6) is 0.670. The quantitative estimate of drug-likeness (QED) is 0.438. The molecule has 1 aromatic carbocycles. The number of hydrogen-bond donors (Lipinski definition) is 2. The molecule has 0 radical (unpaired) electrons. The number of nitro benzene ring substituents is 1. The number of hydrogen-bond acceptors (Lipinski definition) is 5. The van der Waals surface area contributed by atoms with Gasteiger partial charge in [0.05, 0.1) is 11.3 Å². The molecule has 20 heavy (non-hydrogen) atoms. The number of fused-ring (bicyclic) bond motifs is 1.